The molecule has 0 aliphatic rings. The summed E-state index contributed by atoms with van der Waals surface area (Å²) in [6.45, 7) is 1.48. The predicted octanol–water partition coefficient (Wildman–Crippen LogP) is 1.25. The molecule has 0 unspecified atom stereocenters. The number of amides is 1. The van der Waals surface area contributed by atoms with E-state index in [1.807, 2.05) is 0 Å². The predicted molar refractivity (Wildman–Crippen MR) is 48.6 cm³/mol. The Bertz CT molecular complexity index is 332. The fourth-order valence-corrected chi connectivity index (χ4v) is 0.882. The van der Waals surface area contributed by atoms with Crippen LogP contribution in [0, 0.1) is 11.6 Å². The summed E-state index contributed by atoms with van der Waals surface area (Å²) in [5, 5.41) is 2.28. The van der Waals surface area contributed by atoms with Gasteiger partial charge >= 0.3 is 0 Å². The molecule has 76 valence electrons. The molecule has 0 fully saturated rings. The number of halogens is 2. The van der Waals surface area contributed by atoms with E-state index in [1.54, 1.807) is 0 Å². The van der Waals surface area contributed by atoms with E-state index in [2.05, 4.69) is 5.32 Å². The second kappa shape index (κ2) is 4.15. The van der Waals surface area contributed by atoms with Crippen molar-refractivity contribution < 1.29 is 13.6 Å². The summed E-state index contributed by atoms with van der Waals surface area (Å²) >= 11 is 0. The molecule has 0 bridgehead atoms. The van der Waals surface area contributed by atoms with Crippen LogP contribution in [0.5, 0.6) is 0 Å². The molecule has 1 amide bonds. The largest absolute Gasteiger partial charge is 0.325 e. The maximum absolute atomic E-state index is 12.7. The highest BCUT2D eigenvalue weighted by atomic mass is 19.1. The van der Waals surface area contributed by atoms with Crippen LogP contribution in [-0.2, 0) is 4.79 Å². The summed E-state index contributed by atoms with van der Waals surface area (Å²) < 4.78 is 25.3. The highest BCUT2D eigenvalue weighted by Crippen LogP contribution is 2.12. The minimum atomic E-state index is -0.745. The molecule has 1 aromatic carbocycles. The quantitative estimate of drug-likeness (QED) is 0.754. The Hall–Kier alpha value is -1.49. The Balaban J connectivity index is 2.82. The topological polar surface area (TPSA) is 55.1 Å². The summed E-state index contributed by atoms with van der Waals surface area (Å²) in [4.78, 5) is 11.1. The number of benzene rings is 1. The third kappa shape index (κ3) is 2.77. The molecule has 0 aliphatic heterocycles. The molecule has 0 radical (unpaired) electrons. The molecule has 3 nitrogen and oxygen atoms in total. The van der Waals surface area contributed by atoms with Crippen LogP contribution in [0.2, 0.25) is 0 Å². The van der Waals surface area contributed by atoms with Crippen molar-refractivity contribution in [3.63, 3.8) is 0 Å². The van der Waals surface area contributed by atoms with E-state index in [0.29, 0.717) is 0 Å². The van der Waals surface area contributed by atoms with Crippen molar-refractivity contribution in [3.05, 3.63) is 29.8 Å². The SMILES string of the molecule is C[C@H](N)C(=O)Nc1cc(F)cc(F)c1. The first kappa shape index (κ1) is 10.6. The Morgan fingerprint density at radius 2 is 1.86 bits per heavy atom. The molecular formula is C9H10F2N2O. The van der Waals surface area contributed by atoms with Gasteiger partial charge in [0.1, 0.15) is 11.6 Å². The molecule has 1 rings (SSSR count). The Morgan fingerprint density at radius 3 is 2.29 bits per heavy atom. The highest BCUT2D eigenvalue weighted by Gasteiger charge is 2.08. The van der Waals surface area contributed by atoms with Crippen molar-refractivity contribution in [2.45, 2.75) is 13.0 Å². The van der Waals surface area contributed by atoms with Crippen molar-refractivity contribution in [1.82, 2.24) is 0 Å². The number of nitrogens with two attached hydrogens (primary N) is 1. The molecule has 0 saturated heterocycles. The number of carbonyl (C=O) groups excluding carboxylic acids is 1. The number of anilines is 1. The minimum Gasteiger partial charge on any atom is -0.325 e. The lowest BCUT2D eigenvalue weighted by molar-refractivity contribution is -0.117. The molecule has 1 atom stereocenters. The summed E-state index contributed by atoms with van der Waals surface area (Å²) in [7, 11) is 0. The number of carbonyl (C=O) groups is 1. The van der Waals surface area contributed by atoms with Crippen LogP contribution in [0.1, 0.15) is 6.92 Å². The molecule has 14 heavy (non-hydrogen) atoms. The maximum Gasteiger partial charge on any atom is 0.241 e. The fraction of sp³-hybridized carbons (Fsp3) is 0.222. The summed E-state index contributed by atoms with van der Waals surface area (Å²) in [6, 6.07) is 2.04. The number of nitrogens with one attached hydrogen (secondary N) is 1. The summed E-state index contributed by atoms with van der Waals surface area (Å²) in [6.07, 6.45) is 0. The average molecular weight is 200 g/mol. The second-order valence-corrected chi connectivity index (χ2v) is 2.94. The van der Waals surface area contributed by atoms with Gasteiger partial charge in [0, 0.05) is 11.8 Å². The van der Waals surface area contributed by atoms with Gasteiger partial charge in [-0.1, -0.05) is 0 Å². The molecule has 0 aliphatic carbocycles. The molecule has 3 N–H and O–H groups in total. The van der Waals surface area contributed by atoms with E-state index in [0.717, 1.165) is 18.2 Å². The molecular weight excluding hydrogens is 190 g/mol. The van der Waals surface area contributed by atoms with E-state index in [9.17, 15) is 13.6 Å². The molecule has 0 saturated carbocycles. The van der Waals surface area contributed by atoms with Gasteiger partial charge in [0.25, 0.3) is 0 Å². The van der Waals surface area contributed by atoms with Crippen LogP contribution in [0.15, 0.2) is 18.2 Å². The Kier molecular flexibility index (Phi) is 3.14. The third-order valence-corrected chi connectivity index (χ3v) is 1.54. The standard InChI is InChI=1S/C9H10F2N2O/c1-5(12)9(14)13-8-3-6(10)2-7(11)4-8/h2-5H,12H2,1H3,(H,13,14)/t5-/m0/s1. The lowest BCUT2D eigenvalue weighted by Gasteiger charge is -2.07. The van der Waals surface area contributed by atoms with Gasteiger partial charge in [-0.2, -0.15) is 0 Å². The monoisotopic (exact) mass is 200 g/mol. The zero-order valence-electron chi connectivity index (χ0n) is 7.55. The lowest BCUT2D eigenvalue weighted by atomic mass is 10.2. The van der Waals surface area contributed by atoms with Crippen molar-refractivity contribution in [2.75, 3.05) is 5.32 Å². The first-order chi connectivity index (χ1) is 6.49. The van der Waals surface area contributed by atoms with Gasteiger partial charge in [-0.3, -0.25) is 4.79 Å². The van der Waals surface area contributed by atoms with Gasteiger partial charge in [0.15, 0.2) is 0 Å². The van der Waals surface area contributed by atoms with E-state index in [4.69, 9.17) is 5.73 Å². The summed E-state index contributed by atoms with van der Waals surface area (Å²) in [5.74, 6) is -1.98. The van der Waals surface area contributed by atoms with Crippen LogP contribution < -0.4 is 11.1 Å². The van der Waals surface area contributed by atoms with E-state index in [1.165, 1.54) is 6.92 Å². The number of hydrogen-bond acceptors (Lipinski definition) is 2. The van der Waals surface area contributed by atoms with Crippen molar-refractivity contribution in [3.8, 4) is 0 Å². The van der Waals surface area contributed by atoms with Crippen LogP contribution in [0.3, 0.4) is 0 Å². The highest BCUT2D eigenvalue weighted by molar-refractivity contribution is 5.94. The molecule has 0 aromatic heterocycles. The zero-order chi connectivity index (χ0) is 10.7. The van der Waals surface area contributed by atoms with Crippen LogP contribution in [-0.4, -0.2) is 11.9 Å². The molecule has 1 aromatic rings. The van der Waals surface area contributed by atoms with Gasteiger partial charge in [-0.15, -0.1) is 0 Å². The van der Waals surface area contributed by atoms with Crippen molar-refractivity contribution in [1.29, 1.82) is 0 Å². The second-order valence-electron chi connectivity index (χ2n) is 2.94. The van der Waals surface area contributed by atoms with Crippen LogP contribution in [0.25, 0.3) is 0 Å². The normalized spacial score (nSPS) is 12.3. The van der Waals surface area contributed by atoms with Gasteiger partial charge in [-0.25, -0.2) is 8.78 Å². The smallest absolute Gasteiger partial charge is 0.241 e. The Morgan fingerprint density at radius 1 is 1.36 bits per heavy atom. The lowest BCUT2D eigenvalue weighted by Crippen LogP contribution is -2.32. The number of rotatable bonds is 2. The van der Waals surface area contributed by atoms with E-state index >= 15 is 0 Å². The fourth-order valence-electron chi connectivity index (χ4n) is 0.882. The van der Waals surface area contributed by atoms with Gasteiger partial charge in [-0.05, 0) is 19.1 Å². The third-order valence-electron chi connectivity index (χ3n) is 1.54. The minimum absolute atomic E-state index is 0.0600. The molecule has 0 spiro atoms. The molecule has 0 heterocycles. The first-order valence-electron chi connectivity index (χ1n) is 4.01. The van der Waals surface area contributed by atoms with Crippen molar-refractivity contribution >= 4 is 11.6 Å². The Labute approximate surface area is 79.9 Å². The first-order valence-corrected chi connectivity index (χ1v) is 4.01. The van der Waals surface area contributed by atoms with Gasteiger partial charge in [0.05, 0.1) is 6.04 Å². The summed E-state index contributed by atoms with van der Waals surface area (Å²) in [5.41, 5.74) is 5.32. The van der Waals surface area contributed by atoms with Crippen LogP contribution in [0.4, 0.5) is 14.5 Å². The zero-order valence-corrected chi connectivity index (χ0v) is 7.55. The maximum atomic E-state index is 12.7. The van der Waals surface area contributed by atoms with Gasteiger partial charge < -0.3 is 11.1 Å². The average Bonchev–Trinajstić information content (AvgIpc) is 2.01. The van der Waals surface area contributed by atoms with Crippen LogP contribution >= 0.6 is 0 Å². The number of hydrogen-bond donors (Lipinski definition) is 2. The molecule has 5 heteroatoms. The van der Waals surface area contributed by atoms with E-state index in [-0.39, 0.29) is 5.69 Å². The van der Waals surface area contributed by atoms with E-state index < -0.39 is 23.6 Å². The van der Waals surface area contributed by atoms with Gasteiger partial charge in [0.2, 0.25) is 5.91 Å². The van der Waals surface area contributed by atoms with Crippen molar-refractivity contribution in [2.24, 2.45) is 5.73 Å².